The van der Waals surface area contributed by atoms with Crippen LogP contribution in [0.15, 0.2) is 22.7 Å². The summed E-state index contributed by atoms with van der Waals surface area (Å²) in [4.78, 5) is 11.1. The van der Waals surface area contributed by atoms with E-state index in [-0.39, 0.29) is 5.69 Å². The van der Waals surface area contributed by atoms with Crippen LogP contribution in [0.2, 0.25) is 0 Å². The minimum Gasteiger partial charge on any atom is -0.496 e. The third-order valence-corrected chi connectivity index (χ3v) is 3.88. The standard InChI is InChI=1S/C14H15BrN2O3/c1-4-8-7-9(5-6-10(8)20-3)13-11(15)12(14(18)19)16-17(13)2/h5-7H,4H2,1-3H3,(H,18,19). The van der Waals surface area contributed by atoms with Crippen LogP contribution in [0, 0.1) is 0 Å². The van der Waals surface area contributed by atoms with E-state index in [4.69, 9.17) is 9.84 Å². The Morgan fingerprint density at radius 2 is 2.20 bits per heavy atom. The van der Waals surface area contributed by atoms with E-state index in [0.29, 0.717) is 4.47 Å². The van der Waals surface area contributed by atoms with Gasteiger partial charge in [-0.3, -0.25) is 4.68 Å². The third-order valence-electron chi connectivity index (χ3n) is 3.13. The molecule has 0 amide bonds. The lowest BCUT2D eigenvalue weighted by Gasteiger charge is -2.10. The fourth-order valence-electron chi connectivity index (χ4n) is 2.15. The highest BCUT2D eigenvalue weighted by atomic mass is 79.9. The lowest BCUT2D eigenvalue weighted by atomic mass is 10.0. The second-order valence-corrected chi connectivity index (χ2v) is 5.11. The van der Waals surface area contributed by atoms with Crippen molar-refractivity contribution in [2.75, 3.05) is 7.11 Å². The number of rotatable bonds is 4. The van der Waals surface area contributed by atoms with Gasteiger partial charge in [-0.15, -0.1) is 0 Å². The molecule has 20 heavy (non-hydrogen) atoms. The normalized spacial score (nSPS) is 10.6. The van der Waals surface area contributed by atoms with Crippen LogP contribution in [0.25, 0.3) is 11.3 Å². The lowest BCUT2D eigenvalue weighted by Crippen LogP contribution is -1.99. The molecule has 0 aliphatic heterocycles. The van der Waals surface area contributed by atoms with Crippen molar-refractivity contribution in [3.63, 3.8) is 0 Å². The number of methoxy groups -OCH3 is 1. The van der Waals surface area contributed by atoms with Gasteiger partial charge in [0.15, 0.2) is 5.69 Å². The lowest BCUT2D eigenvalue weighted by molar-refractivity contribution is 0.0688. The van der Waals surface area contributed by atoms with Gasteiger partial charge < -0.3 is 9.84 Å². The van der Waals surface area contributed by atoms with E-state index in [1.54, 1.807) is 18.8 Å². The fraction of sp³-hybridized carbons (Fsp3) is 0.286. The van der Waals surface area contributed by atoms with Gasteiger partial charge in [0.05, 0.1) is 17.3 Å². The Bertz CT molecular complexity index is 665. The molecular formula is C14H15BrN2O3. The molecule has 0 saturated carbocycles. The number of nitrogens with zero attached hydrogens (tertiary/aromatic N) is 2. The van der Waals surface area contributed by atoms with Gasteiger partial charge in [-0.1, -0.05) is 6.92 Å². The van der Waals surface area contributed by atoms with Crippen molar-refractivity contribution in [1.29, 1.82) is 0 Å². The van der Waals surface area contributed by atoms with Gasteiger partial charge in [0.1, 0.15) is 5.75 Å². The van der Waals surface area contributed by atoms with Crippen LogP contribution in [0.5, 0.6) is 5.75 Å². The summed E-state index contributed by atoms with van der Waals surface area (Å²) in [7, 11) is 3.36. The van der Waals surface area contributed by atoms with E-state index in [9.17, 15) is 4.79 Å². The number of hydrogen-bond acceptors (Lipinski definition) is 3. The zero-order chi connectivity index (χ0) is 14.9. The Morgan fingerprint density at radius 3 is 2.70 bits per heavy atom. The summed E-state index contributed by atoms with van der Waals surface area (Å²) >= 11 is 3.33. The van der Waals surface area contributed by atoms with Gasteiger partial charge in [-0.05, 0) is 46.1 Å². The van der Waals surface area contributed by atoms with Crippen molar-refractivity contribution in [2.45, 2.75) is 13.3 Å². The van der Waals surface area contributed by atoms with Crippen LogP contribution in [-0.2, 0) is 13.5 Å². The van der Waals surface area contributed by atoms with Crippen LogP contribution in [-0.4, -0.2) is 28.0 Å². The van der Waals surface area contributed by atoms with E-state index in [1.807, 2.05) is 25.1 Å². The highest BCUT2D eigenvalue weighted by molar-refractivity contribution is 9.10. The summed E-state index contributed by atoms with van der Waals surface area (Å²) in [6.45, 7) is 2.04. The largest absolute Gasteiger partial charge is 0.496 e. The molecule has 2 rings (SSSR count). The smallest absolute Gasteiger partial charge is 0.357 e. The molecule has 0 atom stereocenters. The monoisotopic (exact) mass is 338 g/mol. The number of benzene rings is 1. The second-order valence-electron chi connectivity index (χ2n) is 4.32. The Balaban J connectivity index is 2.60. The molecule has 5 nitrogen and oxygen atoms in total. The molecule has 0 bridgehead atoms. The molecular weight excluding hydrogens is 324 g/mol. The van der Waals surface area contributed by atoms with E-state index >= 15 is 0 Å². The average molecular weight is 339 g/mol. The summed E-state index contributed by atoms with van der Waals surface area (Å²) in [5.74, 6) is -0.226. The first kappa shape index (κ1) is 14.6. The number of hydrogen-bond donors (Lipinski definition) is 1. The predicted octanol–water partition coefficient (Wildman–Crippen LogP) is 3.12. The van der Waals surface area contributed by atoms with Crippen LogP contribution >= 0.6 is 15.9 Å². The van der Waals surface area contributed by atoms with Gasteiger partial charge in [0, 0.05) is 12.6 Å². The van der Waals surface area contributed by atoms with E-state index in [1.165, 1.54) is 0 Å². The van der Waals surface area contributed by atoms with Crippen LogP contribution in [0.4, 0.5) is 0 Å². The fourth-order valence-corrected chi connectivity index (χ4v) is 2.88. The first-order chi connectivity index (χ1) is 9.49. The first-order valence-electron chi connectivity index (χ1n) is 6.12. The first-order valence-corrected chi connectivity index (χ1v) is 6.92. The van der Waals surface area contributed by atoms with Crippen molar-refractivity contribution >= 4 is 21.9 Å². The second kappa shape index (κ2) is 5.66. The number of ether oxygens (including phenoxy) is 1. The molecule has 0 saturated heterocycles. The maximum Gasteiger partial charge on any atom is 0.357 e. The summed E-state index contributed by atoms with van der Waals surface area (Å²) < 4.78 is 7.35. The Hall–Kier alpha value is -1.82. The van der Waals surface area contributed by atoms with Gasteiger partial charge in [0.25, 0.3) is 0 Å². The van der Waals surface area contributed by atoms with Gasteiger partial charge in [-0.25, -0.2) is 4.79 Å². The Morgan fingerprint density at radius 1 is 1.50 bits per heavy atom. The van der Waals surface area contributed by atoms with Crippen molar-refractivity contribution in [1.82, 2.24) is 9.78 Å². The van der Waals surface area contributed by atoms with Crippen LogP contribution in [0.3, 0.4) is 0 Å². The van der Waals surface area contributed by atoms with Crippen molar-refractivity contribution < 1.29 is 14.6 Å². The number of carboxylic acid groups (broad SMARTS) is 1. The van der Waals surface area contributed by atoms with Crippen molar-refractivity contribution in [3.05, 3.63) is 33.9 Å². The minimum absolute atomic E-state index is 0.0105. The molecule has 1 heterocycles. The molecule has 1 N–H and O–H groups in total. The van der Waals surface area contributed by atoms with Gasteiger partial charge in [0.2, 0.25) is 0 Å². The average Bonchev–Trinajstić information content (AvgIpc) is 2.73. The zero-order valence-corrected chi connectivity index (χ0v) is 13.1. The minimum atomic E-state index is -1.05. The summed E-state index contributed by atoms with van der Waals surface area (Å²) in [5, 5.41) is 13.1. The molecule has 0 unspecified atom stereocenters. The maximum absolute atomic E-state index is 11.1. The quantitative estimate of drug-likeness (QED) is 0.930. The molecule has 0 fully saturated rings. The molecule has 6 heteroatoms. The molecule has 1 aromatic heterocycles. The van der Waals surface area contributed by atoms with Gasteiger partial charge in [-0.2, -0.15) is 5.10 Å². The van der Waals surface area contributed by atoms with E-state index in [0.717, 1.165) is 29.0 Å². The van der Waals surface area contributed by atoms with Gasteiger partial charge >= 0.3 is 5.97 Å². The topological polar surface area (TPSA) is 64.3 Å². The third kappa shape index (κ3) is 2.43. The van der Waals surface area contributed by atoms with E-state index in [2.05, 4.69) is 21.0 Å². The highest BCUT2D eigenvalue weighted by Gasteiger charge is 2.20. The SMILES string of the molecule is CCc1cc(-c2c(Br)c(C(=O)O)nn2C)ccc1OC. The summed E-state index contributed by atoms with van der Waals surface area (Å²) in [5.41, 5.74) is 2.71. The summed E-state index contributed by atoms with van der Waals surface area (Å²) in [6.07, 6.45) is 0.832. The molecule has 0 aliphatic rings. The molecule has 0 aliphatic carbocycles. The van der Waals surface area contributed by atoms with Crippen molar-refractivity contribution in [2.24, 2.45) is 7.05 Å². The molecule has 106 valence electrons. The number of carbonyl (C=O) groups is 1. The zero-order valence-electron chi connectivity index (χ0n) is 11.5. The molecule has 0 spiro atoms. The Kier molecular flexibility index (Phi) is 4.13. The molecule has 2 aromatic rings. The number of carboxylic acids is 1. The van der Waals surface area contributed by atoms with Crippen molar-refractivity contribution in [3.8, 4) is 17.0 Å². The maximum atomic E-state index is 11.1. The number of halogens is 1. The number of aromatic nitrogens is 2. The highest BCUT2D eigenvalue weighted by Crippen LogP contribution is 2.33. The van der Waals surface area contributed by atoms with Crippen LogP contribution in [0.1, 0.15) is 23.0 Å². The number of aryl methyl sites for hydroxylation is 2. The summed E-state index contributed by atoms with van der Waals surface area (Å²) in [6, 6.07) is 5.77. The van der Waals surface area contributed by atoms with Crippen LogP contribution < -0.4 is 4.74 Å². The molecule has 0 radical (unpaired) electrons. The number of aromatic carboxylic acids is 1. The predicted molar refractivity (Wildman–Crippen MR) is 79.2 cm³/mol. The Labute approximate surface area is 125 Å². The van der Waals surface area contributed by atoms with E-state index < -0.39 is 5.97 Å². The molecule has 1 aromatic carbocycles.